The number of rotatable bonds is 5. The Balaban J connectivity index is 2.01. The molecule has 0 radical (unpaired) electrons. The monoisotopic (exact) mass is 386 g/mol. The number of hydrogen-bond donors (Lipinski definition) is 2. The van der Waals surface area contributed by atoms with Gasteiger partial charge in [-0.15, -0.1) is 0 Å². The fourth-order valence-corrected chi connectivity index (χ4v) is 2.98. The van der Waals surface area contributed by atoms with Crippen molar-refractivity contribution >= 4 is 17.8 Å². The molecule has 0 aromatic heterocycles. The zero-order chi connectivity index (χ0) is 20.2. The van der Waals surface area contributed by atoms with Crippen LogP contribution in [0.1, 0.15) is 35.2 Å². The number of carbonyl (C=O) groups is 3. The van der Waals surface area contributed by atoms with Gasteiger partial charge in [0.25, 0.3) is 5.91 Å². The van der Waals surface area contributed by atoms with E-state index < -0.39 is 36.4 Å². The van der Waals surface area contributed by atoms with Crippen molar-refractivity contribution in [2.24, 2.45) is 5.92 Å². The molecule has 2 rings (SSSR count). The highest BCUT2D eigenvalue weighted by molar-refractivity contribution is 5.95. The molecule has 0 bridgehead atoms. The maximum absolute atomic E-state index is 12.5. The number of alkyl halides is 3. The molecule has 2 atom stereocenters. The molecular formula is C18H21F3N2O4. The first-order valence-corrected chi connectivity index (χ1v) is 8.52. The molecule has 1 heterocycles. The molecule has 148 valence electrons. The molecule has 2 amide bonds. The van der Waals surface area contributed by atoms with Gasteiger partial charge in [0.2, 0.25) is 5.91 Å². The lowest BCUT2D eigenvalue weighted by Gasteiger charge is -2.32. The highest BCUT2D eigenvalue weighted by atomic mass is 19.4. The van der Waals surface area contributed by atoms with Crippen LogP contribution in [-0.2, 0) is 9.59 Å². The molecule has 0 spiro atoms. The summed E-state index contributed by atoms with van der Waals surface area (Å²) in [5.74, 6) is -3.54. The van der Waals surface area contributed by atoms with Crippen LogP contribution in [0.4, 0.5) is 13.2 Å². The van der Waals surface area contributed by atoms with Crippen LogP contribution in [0.25, 0.3) is 0 Å². The van der Waals surface area contributed by atoms with Gasteiger partial charge in [0.05, 0.1) is 12.3 Å². The van der Waals surface area contributed by atoms with E-state index in [2.05, 4.69) is 0 Å². The normalized spacial score (nSPS) is 18.7. The number of nitrogens with zero attached hydrogens (tertiary/aromatic N) is 1. The zero-order valence-electron chi connectivity index (χ0n) is 14.8. The van der Waals surface area contributed by atoms with Crippen LogP contribution in [0.15, 0.2) is 24.3 Å². The summed E-state index contributed by atoms with van der Waals surface area (Å²) in [6.07, 6.45) is -5.47. The second-order valence-electron chi connectivity index (χ2n) is 6.68. The lowest BCUT2D eigenvalue weighted by atomic mass is 9.95. The fourth-order valence-electron chi connectivity index (χ4n) is 2.98. The maximum Gasteiger partial charge on any atom is 0.391 e. The first-order valence-electron chi connectivity index (χ1n) is 8.52. The zero-order valence-corrected chi connectivity index (χ0v) is 14.8. The first-order chi connectivity index (χ1) is 12.6. The summed E-state index contributed by atoms with van der Waals surface area (Å²) >= 11 is 0. The summed E-state index contributed by atoms with van der Waals surface area (Å²) in [5.41, 5.74) is 1.45. The number of carbonyl (C=O) groups excluding carboxylic acids is 2. The van der Waals surface area contributed by atoms with Crippen molar-refractivity contribution in [3.63, 3.8) is 0 Å². The van der Waals surface area contributed by atoms with E-state index in [9.17, 15) is 27.6 Å². The third kappa shape index (κ3) is 5.97. The summed E-state index contributed by atoms with van der Waals surface area (Å²) in [4.78, 5) is 37.3. The van der Waals surface area contributed by atoms with Gasteiger partial charge >= 0.3 is 12.1 Å². The molecule has 0 aliphatic carbocycles. The smallest absolute Gasteiger partial charge is 0.391 e. The van der Waals surface area contributed by atoms with Gasteiger partial charge < -0.3 is 15.3 Å². The molecule has 6 nitrogen and oxygen atoms in total. The summed E-state index contributed by atoms with van der Waals surface area (Å²) in [7, 11) is 0. The minimum atomic E-state index is -4.71. The molecular weight excluding hydrogens is 365 g/mol. The summed E-state index contributed by atoms with van der Waals surface area (Å²) in [6, 6.07) is 4.88. The minimum absolute atomic E-state index is 0.0386. The van der Waals surface area contributed by atoms with Crippen molar-refractivity contribution in [2.45, 2.75) is 38.4 Å². The number of aliphatic carboxylic acids is 1. The topological polar surface area (TPSA) is 86.7 Å². The fraction of sp³-hybridized carbons (Fsp3) is 0.500. The number of piperidine rings is 1. The van der Waals surface area contributed by atoms with Crippen molar-refractivity contribution in [2.75, 3.05) is 13.1 Å². The molecule has 1 fully saturated rings. The Kier molecular flexibility index (Phi) is 6.45. The summed E-state index contributed by atoms with van der Waals surface area (Å²) in [6.45, 7) is 2.35. The highest BCUT2D eigenvalue weighted by Crippen LogP contribution is 2.23. The second kappa shape index (κ2) is 8.41. The third-order valence-corrected chi connectivity index (χ3v) is 4.43. The predicted molar refractivity (Wildman–Crippen MR) is 90.0 cm³/mol. The molecule has 9 heteroatoms. The first kappa shape index (κ1) is 20.7. The lowest BCUT2D eigenvalue weighted by molar-refractivity contribution is -0.160. The SMILES string of the molecule is Cc1ccc(C(=O)N2CCCC(C(=O)NC(CC(F)(F)F)C(=O)O)C2)cc1. The quantitative estimate of drug-likeness (QED) is 0.814. The van der Waals surface area contributed by atoms with E-state index in [1.165, 1.54) is 4.90 Å². The Bertz CT molecular complexity index is 704. The Labute approximate surface area is 154 Å². The highest BCUT2D eigenvalue weighted by Gasteiger charge is 2.38. The Morgan fingerprint density at radius 3 is 2.44 bits per heavy atom. The molecule has 1 saturated heterocycles. The van der Waals surface area contributed by atoms with Gasteiger partial charge in [-0.3, -0.25) is 9.59 Å². The number of carboxylic acid groups (broad SMARTS) is 1. The van der Waals surface area contributed by atoms with E-state index in [4.69, 9.17) is 5.11 Å². The number of hydrogen-bond acceptors (Lipinski definition) is 3. The Morgan fingerprint density at radius 2 is 1.89 bits per heavy atom. The molecule has 1 aliphatic heterocycles. The van der Waals surface area contributed by atoms with Crippen LogP contribution in [0.2, 0.25) is 0 Å². The Hall–Kier alpha value is -2.58. The number of halogens is 3. The number of benzene rings is 1. The lowest BCUT2D eigenvalue weighted by Crippen LogP contribution is -2.50. The number of likely N-dealkylation sites (tertiary alicyclic amines) is 1. The molecule has 1 aliphatic rings. The van der Waals surface area contributed by atoms with E-state index in [-0.39, 0.29) is 12.5 Å². The van der Waals surface area contributed by atoms with Crippen molar-refractivity contribution in [1.29, 1.82) is 0 Å². The van der Waals surface area contributed by atoms with Crippen LogP contribution in [0, 0.1) is 12.8 Å². The van der Waals surface area contributed by atoms with E-state index in [0.29, 0.717) is 24.9 Å². The van der Waals surface area contributed by atoms with Gasteiger partial charge in [-0.25, -0.2) is 4.79 Å². The van der Waals surface area contributed by atoms with Crippen molar-refractivity contribution in [1.82, 2.24) is 10.2 Å². The van der Waals surface area contributed by atoms with E-state index in [1.807, 2.05) is 12.2 Å². The third-order valence-electron chi connectivity index (χ3n) is 4.43. The van der Waals surface area contributed by atoms with Crippen LogP contribution in [0.5, 0.6) is 0 Å². The summed E-state index contributed by atoms with van der Waals surface area (Å²) in [5, 5.41) is 10.9. The van der Waals surface area contributed by atoms with Gasteiger partial charge in [0.15, 0.2) is 0 Å². The largest absolute Gasteiger partial charge is 0.480 e. The predicted octanol–water partition coefficient (Wildman–Crippen LogP) is 2.37. The van der Waals surface area contributed by atoms with Crippen LogP contribution < -0.4 is 5.32 Å². The molecule has 1 aromatic carbocycles. The van der Waals surface area contributed by atoms with E-state index in [1.54, 1.807) is 24.3 Å². The number of carboxylic acids is 1. The van der Waals surface area contributed by atoms with Crippen molar-refractivity contribution in [3.8, 4) is 0 Å². The molecule has 2 unspecified atom stereocenters. The molecule has 1 aromatic rings. The van der Waals surface area contributed by atoms with Crippen LogP contribution >= 0.6 is 0 Å². The minimum Gasteiger partial charge on any atom is -0.480 e. The van der Waals surface area contributed by atoms with Gasteiger partial charge in [0, 0.05) is 18.7 Å². The van der Waals surface area contributed by atoms with Gasteiger partial charge in [0.1, 0.15) is 6.04 Å². The molecule has 27 heavy (non-hydrogen) atoms. The van der Waals surface area contributed by atoms with E-state index in [0.717, 1.165) is 5.56 Å². The standard InChI is InChI=1S/C18H21F3N2O4/c1-11-4-6-12(7-5-11)16(25)23-8-2-3-13(10-23)15(24)22-14(17(26)27)9-18(19,20)21/h4-7,13-14H,2-3,8-10H2,1H3,(H,22,24)(H,26,27). The number of aryl methyl sites for hydroxylation is 1. The average molecular weight is 386 g/mol. The number of amides is 2. The van der Waals surface area contributed by atoms with Gasteiger partial charge in [-0.05, 0) is 31.9 Å². The second-order valence-corrected chi connectivity index (χ2v) is 6.68. The molecule has 0 saturated carbocycles. The maximum atomic E-state index is 12.5. The number of nitrogens with one attached hydrogen (secondary N) is 1. The Morgan fingerprint density at radius 1 is 1.26 bits per heavy atom. The molecule has 2 N–H and O–H groups in total. The van der Waals surface area contributed by atoms with Crippen molar-refractivity contribution in [3.05, 3.63) is 35.4 Å². The average Bonchev–Trinajstić information content (AvgIpc) is 2.60. The van der Waals surface area contributed by atoms with Crippen molar-refractivity contribution < 1.29 is 32.7 Å². The van der Waals surface area contributed by atoms with Crippen LogP contribution in [-0.4, -0.2) is 53.1 Å². The van der Waals surface area contributed by atoms with E-state index >= 15 is 0 Å². The van der Waals surface area contributed by atoms with Gasteiger partial charge in [-0.2, -0.15) is 13.2 Å². The van der Waals surface area contributed by atoms with Gasteiger partial charge in [-0.1, -0.05) is 17.7 Å². The van der Waals surface area contributed by atoms with Crippen LogP contribution in [0.3, 0.4) is 0 Å². The summed E-state index contributed by atoms with van der Waals surface area (Å²) < 4.78 is 37.4.